The van der Waals surface area contributed by atoms with Crippen LogP contribution >= 0.6 is 0 Å². The van der Waals surface area contributed by atoms with Crippen molar-refractivity contribution in [1.29, 1.82) is 0 Å². The van der Waals surface area contributed by atoms with Crippen molar-refractivity contribution in [3.05, 3.63) is 59.8 Å². The molecule has 2 heterocycles. The van der Waals surface area contributed by atoms with Gasteiger partial charge in [0.15, 0.2) is 6.10 Å². The van der Waals surface area contributed by atoms with Gasteiger partial charge in [-0.25, -0.2) is 4.98 Å². The van der Waals surface area contributed by atoms with E-state index in [9.17, 15) is 18.0 Å². The third-order valence-electron chi connectivity index (χ3n) is 3.38. The first-order valence-corrected chi connectivity index (χ1v) is 7.07. The van der Waals surface area contributed by atoms with Gasteiger partial charge in [-0.1, -0.05) is 41.6 Å². The van der Waals surface area contributed by atoms with E-state index in [1.54, 1.807) is 0 Å². The average Bonchev–Trinajstić information content (AvgIpc) is 3.05. The summed E-state index contributed by atoms with van der Waals surface area (Å²) >= 11 is 0. The minimum atomic E-state index is -4.58. The number of hydrogen-bond acceptors (Lipinski definition) is 4. The molecule has 2 aromatic rings. The standard InChI is InChI=1S/C16H12F3N3O2/c17-16(18,19)13-7-4-8-14(20-13)21-15(23)11-9-12(24-22-11)10-5-2-1-3-6-10/h1-8,12H,9H2,(H,20,21,23). The molecule has 1 atom stereocenters. The van der Waals surface area contributed by atoms with Gasteiger partial charge in [-0.3, -0.25) is 4.79 Å². The molecule has 1 aromatic heterocycles. The lowest BCUT2D eigenvalue weighted by molar-refractivity contribution is -0.141. The highest BCUT2D eigenvalue weighted by molar-refractivity contribution is 6.43. The molecular weight excluding hydrogens is 323 g/mol. The van der Waals surface area contributed by atoms with Crippen molar-refractivity contribution in [2.45, 2.75) is 18.7 Å². The molecule has 3 rings (SSSR count). The number of nitrogens with one attached hydrogen (secondary N) is 1. The molecule has 1 amide bonds. The fourth-order valence-electron chi connectivity index (χ4n) is 2.21. The number of amides is 1. The second kappa shape index (κ2) is 6.31. The molecule has 0 radical (unpaired) electrons. The van der Waals surface area contributed by atoms with E-state index in [1.165, 1.54) is 12.1 Å². The number of alkyl halides is 3. The lowest BCUT2D eigenvalue weighted by Crippen LogP contribution is -2.23. The van der Waals surface area contributed by atoms with Crippen molar-refractivity contribution in [1.82, 2.24) is 4.98 Å². The fraction of sp³-hybridized carbons (Fsp3) is 0.188. The van der Waals surface area contributed by atoms with E-state index in [1.807, 2.05) is 30.3 Å². The number of carbonyl (C=O) groups is 1. The van der Waals surface area contributed by atoms with Crippen LogP contribution in [0.15, 0.2) is 53.7 Å². The van der Waals surface area contributed by atoms with E-state index in [0.717, 1.165) is 11.6 Å². The van der Waals surface area contributed by atoms with Gasteiger partial charge in [0.1, 0.15) is 17.2 Å². The summed E-state index contributed by atoms with van der Waals surface area (Å²) in [7, 11) is 0. The van der Waals surface area contributed by atoms with Crippen molar-refractivity contribution >= 4 is 17.4 Å². The van der Waals surface area contributed by atoms with Crippen molar-refractivity contribution in [2.75, 3.05) is 5.32 Å². The molecule has 5 nitrogen and oxygen atoms in total. The van der Waals surface area contributed by atoms with Gasteiger partial charge < -0.3 is 10.2 Å². The van der Waals surface area contributed by atoms with E-state index in [4.69, 9.17) is 4.84 Å². The van der Waals surface area contributed by atoms with Gasteiger partial charge in [-0.05, 0) is 17.7 Å². The molecule has 1 aliphatic heterocycles. The van der Waals surface area contributed by atoms with Crippen LogP contribution in [-0.4, -0.2) is 16.6 Å². The second-order valence-corrected chi connectivity index (χ2v) is 5.11. The van der Waals surface area contributed by atoms with Crippen molar-refractivity contribution in [3.63, 3.8) is 0 Å². The van der Waals surface area contributed by atoms with Gasteiger partial charge in [0.05, 0.1) is 0 Å². The maximum absolute atomic E-state index is 12.6. The number of benzene rings is 1. The van der Waals surface area contributed by atoms with Crippen LogP contribution in [0.25, 0.3) is 0 Å². The highest BCUT2D eigenvalue weighted by Crippen LogP contribution is 2.29. The molecule has 0 fully saturated rings. The number of hydrogen-bond donors (Lipinski definition) is 1. The van der Waals surface area contributed by atoms with Crippen molar-refractivity contribution < 1.29 is 22.8 Å². The number of carbonyl (C=O) groups excluding carboxylic acids is 1. The maximum Gasteiger partial charge on any atom is 0.433 e. The van der Waals surface area contributed by atoms with Gasteiger partial charge in [0, 0.05) is 6.42 Å². The molecule has 1 N–H and O–H groups in total. The number of pyridine rings is 1. The Hall–Kier alpha value is -2.90. The minimum Gasteiger partial charge on any atom is -0.387 e. The first-order valence-electron chi connectivity index (χ1n) is 7.07. The Kier molecular flexibility index (Phi) is 4.20. The zero-order valence-corrected chi connectivity index (χ0v) is 12.2. The normalized spacial score (nSPS) is 17.1. The monoisotopic (exact) mass is 335 g/mol. The molecule has 0 bridgehead atoms. The van der Waals surface area contributed by atoms with E-state index < -0.39 is 17.8 Å². The quantitative estimate of drug-likeness (QED) is 0.933. The molecule has 24 heavy (non-hydrogen) atoms. The Morgan fingerprint density at radius 3 is 2.58 bits per heavy atom. The summed E-state index contributed by atoms with van der Waals surface area (Å²) in [4.78, 5) is 20.7. The number of aromatic nitrogens is 1. The first-order chi connectivity index (χ1) is 11.4. The van der Waals surface area contributed by atoms with Gasteiger partial charge in [0.25, 0.3) is 5.91 Å². The van der Waals surface area contributed by atoms with Crippen LogP contribution in [0.4, 0.5) is 19.0 Å². The lowest BCUT2D eigenvalue weighted by Gasteiger charge is -2.09. The van der Waals surface area contributed by atoms with E-state index in [-0.39, 0.29) is 24.1 Å². The van der Waals surface area contributed by atoms with Gasteiger partial charge in [-0.15, -0.1) is 0 Å². The van der Waals surface area contributed by atoms with Gasteiger partial charge >= 0.3 is 6.18 Å². The molecule has 1 unspecified atom stereocenters. The summed E-state index contributed by atoms with van der Waals surface area (Å²) in [5, 5.41) is 6.02. The summed E-state index contributed by atoms with van der Waals surface area (Å²) in [6.07, 6.45) is -4.73. The van der Waals surface area contributed by atoms with Gasteiger partial charge in [0.2, 0.25) is 0 Å². The molecule has 0 saturated carbocycles. The predicted molar refractivity (Wildman–Crippen MR) is 80.2 cm³/mol. The summed E-state index contributed by atoms with van der Waals surface area (Å²) in [6.45, 7) is 0. The van der Waals surface area contributed by atoms with Crippen LogP contribution in [0.5, 0.6) is 0 Å². The molecule has 0 aliphatic carbocycles. The number of rotatable bonds is 3. The SMILES string of the molecule is O=C(Nc1cccc(C(F)(F)F)n1)C1=NOC(c2ccccc2)C1. The Labute approximate surface area is 135 Å². The topological polar surface area (TPSA) is 63.6 Å². The summed E-state index contributed by atoms with van der Waals surface area (Å²) in [5.74, 6) is -0.832. The maximum atomic E-state index is 12.6. The van der Waals surface area contributed by atoms with Crippen LogP contribution in [0.3, 0.4) is 0 Å². The Balaban J connectivity index is 1.66. The minimum absolute atomic E-state index is 0.100. The Bertz CT molecular complexity index is 776. The molecule has 0 saturated heterocycles. The largest absolute Gasteiger partial charge is 0.433 e. The summed E-state index contributed by atoms with van der Waals surface area (Å²) in [5.41, 5.74) is -0.114. The lowest BCUT2D eigenvalue weighted by atomic mass is 10.0. The van der Waals surface area contributed by atoms with Crippen LogP contribution in [0.1, 0.15) is 23.8 Å². The van der Waals surface area contributed by atoms with E-state index in [2.05, 4.69) is 15.5 Å². The van der Waals surface area contributed by atoms with Crippen molar-refractivity contribution in [2.24, 2.45) is 5.16 Å². The summed E-state index contributed by atoms with van der Waals surface area (Å²) in [6, 6.07) is 12.5. The number of anilines is 1. The van der Waals surface area contributed by atoms with E-state index in [0.29, 0.717) is 0 Å². The van der Waals surface area contributed by atoms with Crippen LogP contribution in [-0.2, 0) is 15.8 Å². The van der Waals surface area contributed by atoms with Crippen LogP contribution in [0, 0.1) is 0 Å². The Morgan fingerprint density at radius 1 is 1.12 bits per heavy atom. The predicted octanol–water partition coefficient (Wildman–Crippen LogP) is 3.56. The summed E-state index contributed by atoms with van der Waals surface area (Å²) < 4.78 is 37.9. The fourth-order valence-corrected chi connectivity index (χ4v) is 2.21. The average molecular weight is 335 g/mol. The molecule has 1 aliphatic rings. The third-order valence-corrected chi connectivity index (χ3v) is 3.38. The molecule has 8 heteroatoms. The van der Waals surface area contributed by atoms with Crippen LogP contribution in [0.2, 0.25) is 0 Å². The smallest absolute Gasteiger partial charge is 0.387 e. The molecular formula is C16H12F3N3O2. The zero-order chi connectivity index (χ0) is 17.2. The van der Waals surface area contributed by atoms with Crippen molar-refractivity contribution in [3.8, 4) is 0 Å². The zero-order valence-electron chi connectivity index (χ0n) is 12.2. The first kappa shape index (κ1) is 16.0. The van der Waals surface area contributed by atoms with E-state index >= 15 is 0 Å². The third kappa shape index (κ3) is 3.53. The number of oxime groups is 1. The second-order valence-electron chi connectivity index (χ2n) is 5.11. The Morgan fingerprint density at radius 2 is 1.88 bits per heavy atom. The molecule has 1 aromatic carbocycles. The molecule has 124 valence electrons. The number of nitrogens with zero attached hydrogens (tertiary/aromatic N) is 2. The molecule has 0 spiro atoms. The highest BCUT2D eigenvalue weighted by atomic mass is 19.4. The van der Waals surface area contributed by atoms with Gasteiger partial charge in [-0.2, -0.15) is 13.2 Å². The van der Waals surface area contributed by atoms with Crippen LogP contribution < -0.4 is 5.32 Å². The number of halogens is 3. The highest BCUT2D eigenvalue weighted by Gasteiger charge is 2.33.